The van der Waals surface area contributed by atoms with E-state index in [4.69, 9.17) is 22.1 Å². The summed E-state index contributed by atoms with van der Waals surface area (Å²) in [6, 6.07) is 4.53. The van der Waals surface area contributed by atoms with E-state index in [2.05, 4.69) is 4.99 Å². The zero-order valence-electron chi connectivity index (χ0n) is 9.04. The minimum Gasteiger partial charge on any atom is -0.387 e. The van der Waals surface area contributed by atoms with E-state index in [-0.39, 0.29) is 12.2 Å². The lowest BCUT2D eigenvalue weighted by Crippen LogP contribution is -2.17. The number of aliphatic imine (C=N–C) groups is 1. The first-order chi connectivity index (χ1) is 7.65. The molecule has 0 heterocycles. The van der Waals surface area contributed by atoms with Crippen LogP contribution in [0.1, 0.15) is 5.56 Å². The first-order valence-electron chi connectivity index (χ1n) is 4.85. The third-order valence-electron chi connectivity index (χ3n) is 2.03. The molecule has 0 bridgehead atoms. The highest BCUT2D eigenvalue weighted by atomic mass is 35.5. The number of ether oxygens (including phenoxy) is 1. The summed E-state index contributed by atoms with van der Waals surface area (Å²) in [5, 5.41) is 0.366. The Balaban J connectivity index is 2.69. The molecule has 0 amide bonds. The fourth-order valence-electron chi connectivity index (χ4n) is 1.22. The van der Waals surface area contributed by atoms with Crippen LogP contribution in [-0.4, -0.2) is 26.1 Å². The minimum absolute atomic E-state index is 0.217. The summed E-state index contributed by atoms with van der Waals surface area (Å²) in [5.41, 5.74) is 6.03. The molecule has 0 spiro atoms. The van der Waals surface area contributed by atoms with E-state index >= 15 is 0 Å². The molecular weight excluding hydrogens is 231 g/mol. The Labute approximate surface area is 99.1 Å². The van der Waals surface area contributed by atoms with Gasteiger partial charge in [-0.25, -0.2) is 4.39 Å². The van der Waals surface area contributed by atoms with E-state index in [0.717, 1.165) is 0 Å². The van der Waals surface area contributed by atoms with Gasteiger partial charge in [-0.2, -0.15) is 0 Å². The third kappa shape index (κ3) is 3.79. The molecule has 2 N–H and O–H groups in total. The van der Waals surface area contributed by atoms with Crippen LogP contribution in [0.5, 0.6) is 0 Å². The van der Waals surface area contributed by atoms with Crippen LogP contribution in [0.3, 0.4) is 0 Å². The predicted molar refractivity (Wildman–Crippen MR) is 63.5 cm³/mol. The summed E-state index contributed by atoms with van der Waals surface area (Å²) < 4.78 is 18.2. The molecule has 0 aromatic heterocycles. The van der Waals surface area contributed by atoms with Gasteiger partial charge in [0, 0.05) is 24.1 Å². The Morgan fingerprint density at radius 2 is 2.31 bits per heavy atom. The van der Waals surface area contributed by atoms with Crippen molar-refractivity contribution in [1.82, 2.24) is 0 Å². The van der Waals surface area contributed by atoms with Crippen LogP contribution in [0.25, 0.3) is 0 Å². The number of hydrogen-bond acceptors (Lipinski definition) is 2. The summed E-state index contributed by atoms with van der Waals surface area (Å²) in [6.07, 6.45) is 0.217. The average Bonchev–Trinajstić information content (AvgIpc) is 2.24. The smallest absolute Gasteiger partial charge is 0.128 e. The van der Waals surface area contributed by atoms with Crippen molar-refractivity contribution in [3.8, 4) is 0 Å². The zero-order chi connectivity index (χ0) is 12.0. The van der Waals surface area contributed by atoms with Crippen LogP contribution >= 0.6 is 11.6 Å². The number of benzene rings is 1. The predicted octanol–water partition coefficient (Wildman–Crippen LogP) is 2.03. The minimum atomic E-state index is -0.364. The van der Waals surface area contributed by atoms with Crippen molar-refractivity contribution in [1.29, 1.82) is 0 Å². The van der Waals surface area contributed by atoms with Crippen molar-refractivity contribution in [2.24, 2.45) is 10.7 Å². The van der Waals surface area contributed by atoms with Gasteiger partial charge in [0.05, 0.1) is 19.0 Å². The molecule has 5 heteroatoms. The Bertz CT molecular complexity index is 362. The standard InChI is InChI=1S/C11H14ClFN2O/c1-16-6-5-15-11(14)7-8-9(12)3-2-4-10(8)13/h2-4H,5-7H2,1H3,(H2,14,15). The van der Waals surface area contributed by atoms with Gasteiger partial charge in [0.2, 0.25) is 0 Å². The van der Waals surface area contributed by atoms with Gasteiger partial charge in [0.1, 0.15) is 5.82 Å². The van der Waals surface area contributed by atoms with Gasteiger partial charge < -0.3 is 10.5 Å². The maximum Gasteiger partial charge on any atom is 0.128 e. The van der Waals surface area contributed by atoms with Crippen molar-refractivity contribution < 1.29 is 9.13 Å². The SMILES string of the molecule is COCCN=C(N)Cc1c(F)cccc1Cl. The van der Waals surface area contributed by atoms with E-state index in [1.54, 1.807) is 19.2 Å². The molecule has 1 aromatic rings. The summed E-state index contributed by atoms with van der Waals surface area (Å²) in [4.78, 5) is 4.04. The first kappa shape index (κ1) is 12.9. The van der Waals surface area contributed by atoms with Crippen molar-refractivity contribution in [2.75, 3.05) is 20.3 Å². The largest absolute Gasteiger partial charge is 0.387 e. The van der Waals surface area contributed by atoms with Crippen molar-refractivity contribution >= 4 is 17.4 Å². The van der Waals surface area contributed by atoms with Crippen molar-refractivity contribution in [3.63, 3.8) is 0 Å². The molecule has 16 heavy (non-hydrogen) atoms. The molecule has 88 valence electrons. The van der Waals surface area contributed by atoms with Crippen LogP contribution in [0, 0.1) is 5.82 Å². The summed E-state index contributed by atoms with van der Waals surface area (Å²) in [7, 11) is 1.58. The highest BCUT2D eigenvalue weighted by Crippen LogP contribution is 2.19. The van der Waals surface area contributed by atoms with E-state index in [1.807, 2.05) is 0 Å². The molecule has 3 nitrogen and oxygen atoms in total. The summed E-state index contributed by atoms with van der Waals surface area (Å²) in [5.74, 6) is -0.0126. The molecule has 0 saturated heterocycles. The van der Waals surface area contributed by atoms with E-state index in [1.165, 1.54) is 6.07 Å². The molecule has 1 rings (SSSR count). The maximum absolute atomic E-state index is 13.4. The Kier molecular flexibility index (Phi) is 5.22. The number of rotatable bonds is 5. The quantitative estimate of drug-likeness (QED) is 0.489. The maximum atomic E-state index is 13.4. The second kappa shape index (κ2) is 6.45. The first-order valence-corrected chi connectivity index (χ1v) is 5.23. The molecule has 1 aromatic carbocycles. The van der Waals surface area contributed by atoms with Gasteiger partial charge in [0.25, 0.3) is 0 Å². The zero-order valence-corrected chi connectivity index (χ0v) is 9.80. The molecule has 0 radical (unpaired) electrons. The Hall–Kier alpha value is -1.13. The third-order valence-corrected chi connectivity index (χ3v) is 2.38. The molecule has 0 aliphatic rings. The van der Waals surface area contributed by atoms with E-state index in [0.29, 0.717) is 29.6 Å². The van der Waals surface area contributed by atoms with Crippen molar-refractivity contribution in [2.45, 2.75) is 6.42 Å². The second-order valence-electron chi connectivity index (χ2n) is 3.24. The second-order valence-corrected chi connectivity index (χ2v) is 3.65. The Morgan fingerprint density at radius 3 is 2.94 bits per heavy atom. The van der Waals surface area contributed by atoms with Gasteiger partial charge in [-0.05, 0) is 12.1 Å². The van der Waals surface area contributed by atoms with Crippen LogP contribution in [0.2, 0.25) is 5.02 Å². The van der Waals surface area contributed by atoms with E-state index < -0.39 is 0 Å². The molecular formula is C11H14ClFN2O. The topological polar surface area (TPSA) is 47.6 Å². The van der Waals surface area contributed by atoms with Gasteiger partial charge >= 0.3 is 0 Å². The molecule has 0 saturated carbocycles. The molecule has 0 unspecified atom stereocenters. The number of halogens is 2. The van der Waals surface area contributed by atoms with Gasteiger partial charge in [-0.15, -0.1) is 0 Å². The van der Waals surface area contributed by atoms with Crippen LogP contribution in [0.15, 0.2) is 23.2 Å². The monoisotopic (exact) mass is 244 g/mol. The number of methoxy groups -OCH3 is 1. The normalized spacial score (nSPS) is 11.8. The highest BCUT2D eigenvalue weighted by Gasteiger charge is 2.08. The number of nitrogens with zero attached hydrogens (tertiary/aromatic N) is 1. The van der Waals surface area contributed by atoms with Gasteiger partial charge in [-0.1, -0.05) is 17.7 Å². The molecule has 0 fully saturated rings. The van der Waals surface area contributed by atoms with Crippen LogP contribution in [-0.2, 0) is 11.2 Å². The number of hydrogen-bond donors (Lipinski definition) is 1. The van der Waals surface area contributed by atoms with Gasteiger partial charge in [0.15, 0.2) is 0 Å². The van der Waals surface area contributed by atoms with Crippen LogP contribution in [0.4, 0.5) is 4.39 Å². The summed E-state index contributed by atoms with van der Waals surface area (Å²) in [6.45, 7) is 0.958. The molecule has 0 atom stereocenters. The fourth-order valence-corrected chi connectivity index (χ4v) is 1.45. The fraction of sp³-hybridized carbons (Fsp3) is 0.364. The lowest BCUT2D eigenvalue weighted by molar-refractivity contribution is 0.208. The number of amidine groups is 1. The molecule has 0 aliphatic carbocycles. The lowest BCUT2D eigenvalue weighted by atomic mass is 10.1. The highest BCUT2D eigenvalue weighted by molar-refractivity contribution is 6.31. The van der Waals surface area contributed by atoms with E-state index in [9.17, 15) is 4.39 Å². The van der Waals surface area contributed by atoms with Crippen molar-refractivity contribution in [3.05, 3.63) is 34.6 Å². The lowest BCUT2D eigenvalue weighted by Gasteiger charge is -2.05. The number of nitrogens with two attached hydrogens (primary N) is 1. The van der Waals surface area contributed by atoms with Gasteiger partial charge in [-0.3, -0.25) is 4.99 Å². The molecule has 0 aliphatic heterocycles. The average molecular weight is 245 g/mol. The van der Waals surface area contributed by atoms with Crippen LogP contribution < -0.4 is 5.73 Å². The summed E-state index contributed by atoms with van der Waals surface area (Å²) >= 11 is 5.86. The Morgan fingerprint density at radius 1 is 1.56 bits per heavy atom.